The number of hydrazone groups is 1. The quantitative estimate of drug-likeness (QED) is 0.125. The Morgan fingerprint density at radius 2 is 1.95 bits per heavy atom. The SMILES string of the molecule is CCOC(=O)C1=C(C)NC(=S)N[C@@H]1c1ccccc1OCC(=O)NN=Cc1ccc(-c2cccc(C(=O)O)c2)o1. The standard InChI is InChI=1S/C28H26N4O7S/c1-3-37-27(36)24-16(2)30-28(40)31-25(24)20-9-4-5-10-22(20)38-15-23(33)32-29-14-19-11-12-21(39-19)17-7-6-8-18(13-17)26(34)35/h4-14,25H,3,15H2,1-2H3,(H,32,33)(H,34,35)(H2,30,31,40)/t25-/m1/s1. The Morgan fingerprint density at radius 1 is 1.15 bits per heavy atom. The van der Waals surface area contributed by atoms with Crippen molar-refractivity contribution in [3.8, 4) is 17.1 Å². The van der Waals surface area contributed by atoms with Crippen molar-refractivity contribution in [1.82, 2.24) is 16.1 Å². The number of carbonyl (C=O) groups is 3. The molecule has 0 aliphatic carbocycles. The molecule has 0 saturated heterocycles. The second-order valence-corrected chi connectivity index (χ2v) is 8.91. The van der Waals surface area contributed by atoms with Gasteiger partial charge in [0.1, 0.15) is 17.3 Å². The van der Waals surface area contributed by atoms with Gasteiger partial charge in [0.2, 0.25) is 0 Å². The molecule has 1 aliphatic heterocycles. The molecule has 2 heterocycles. The number of para-hydroxylation sites is 1. The summed E-state index contributed by atoms with van der Waals surface area (Å²) in [4.78, 5) is 36.3. The molecule has 0 radical (unpaired) electrons. The van der Waals surface area contributed by atoms with E-state index in [4.69, 9.17) is 31.2 Å². The minimum atomic E-state index is -1.04. The number of aromatic carboxylic acids is 1. The van der Waals surface area contributed by atoms with Gasteiger partial charge >= 0.3 is 11.9 Å². The molecule has 0 fully saturated rings. The molecule has 12 heteroatoms. The number of rotatable bonds is 10. The van der Waals surface area contributed by atoms with E-state index in [9.17, 15) is 14.4 Å². The van der Waals surface area contributed by atoms with E-state index >= 15 is 0 Å². The normalized spacial score (nSPS) is 14.8. The van der Waals surface area contributed by atoms with E-state index in [0.717, 1.165) is 0 Å². The van der Waals surface area contributed by atoms with Crippen LogP contribution in [0.2, 0.25) is 0 Å². The predicted molar refractivity (Wildman–Crippen MR) is 150 cm³/mol. The van der Waals surface area contributed by atoms with Crippen LogP contribution in [0, 0.1) is 0 Å². The molecular weight excluding hydrogens is 536 g/mol. The van der Waals surface area contributed by atoms with Crippen LogP contribution in [0.4, 0.5) is 0 Å². The Balaban J connectivity index is 1.40. The fraction of sp³-hybridized carbons (Fsp3) is 0.179. The van der Waals surface area contributed by atoms with Crippen molar-refractivity contribution in [3.63, 3.8) is 0 Å². The van der Waals surface area contributed by atoms with E-state index in [1.54, 1.807) is 62.4 Å². The van der Waals surface area contributed by atoms with Crippen LogP contribution in [0.1, 0.15) is 41.6 Å². The highest BCUT2D eigenvalue weighted by Gasteiger charge is 2.32. The number of nitrogens with one attached hydrogen (secondary N) is 3. The average Bonchev–Trinajstić information content (AvgIpc) is 3.41. The molecule has 0 bridgehead atoms. The maximum Gasteiger partial charge on any atom is 0.338 e. The Labute approximate surface area is 234 Å². The topological polar surface area (TPSA) is 151 Å². The number of amides is 1. The summed E-state index contributed by atoms with van der Waals surface area (Å²) in [6.07, 6.45) is 1.31. The maximum atomic E-state index is 12.7. The van der Waals surface area contributed by atoms with Gasteiger partial charge in [0, 0.05) is 16.8 Å². The summed E-state index contributed by atoms with van der Waals surface area (Å²) >= 11 is 5.29. The number of hydrogen-bond donors (Lipinski definition) is 4. The van der Waals surface area contributed by atoms with Gasteiger partial charge in [-0.1, -0.05) is 30.3 Å². The number of carboxylic acids is 1. The van der Waals surface area contributed by atoms with Gasteiger partial charge in [-0.05, 0) is 56.4 Å². The van der Waals surface area contributed by atoms with Crippen molar-refractivity contribution >= 4 is 41.4 Å². The van der Waals surface area contributed by atoms with Crippen LogP contribution in [-0.4, -0.2) is 47.5 Å². The minimum absolute atomic E-state index is 0.139. The van der Waals surface area contributed by atoms with Crippen molar-refractivity contribution in [2.45, 2.75) is 19.9 Å². The zero-order valence-corrected chi connectivity index (χ0v) is 22.4. The second kappa shape index (κ2) is 12.7. The lowest BCUT2D eigenvalue weighted by Gasteiger charge is -2.30. The highest BCUT2D eigenvalue weighted by molar-refractivity contribution is 7.80. The van der Waals surface area contributed by atoms with Crippen LogP contribution < -0.4 is 20.8 Å². The molecule has 3 aromatic rings. The molecular formula is C28H26N4O7S. The van der Waals surface area contributed by atoms with Crippen molar-refractivity contribution < 1.29 is 33.4 Å². The largest absolute Gasteiger partial charge is 0.483 e. The zero-order chi connectivity index (χ0) is 28.6. The van der Waals surface area contributed by atoms with E-state index in [-0.39, 0.29) is 18.8 Å². The molecule has 4 rings (SSSR count). The fourth-order valence-electron chi connectivity index (χ4n) is 3.98. The molecule has 1 aromatic heterocycles. The lowest BCUT2D eigenvalue weighted by atomic mass is 9.95. The molecule has 11 nitrogen and oxygen atoms in total. The number of hydrogen-bond acceptors (Lipinski definition) is 8. The number of nitrogens with zero attached hydrogens (tertiary/aromatic N) is 1. The average molecular weight is 563 g/mol. The summed E-state index contributed by atoms with van der Waals surface area (Å²) in [6, 6.07) is 16.0. The number of thiocarbonyl (C=S) groups is 1. The first-order valence-corrected chi connectivity index (χ1v) is 12.6. The molecule has 0 spiro atoms. The molecule has 206 valence electrons. The Morgan fingerprint density at radius 3 is 2.73 bits per heavy atom. The van der Waals surface area contributed by atoms with Gasteiger partial charge in [0.15, 0.2) is 11.7 Å². The second-order valence-electron chi connectivity index (χ2n) is 8.50. The smallest absolute Gasteiger partial charge is 0.338 e. The number of esters is 1. The summed E-state index contributed by atoms with van der Waals surface area (Å²) in [5.41, 5.74) is 4.61. The number of carboxylic acid groups (broad SMARTS) is 1. The van der Waals surface area contributed by atoms with Gasteiger partial charge in [0.25, 0.3) is 5.91 Å². The van der Waals surface area contributed by atoms with Gasteiger partial charge in [0.05, 0.1) is 30.0 Å². The first kappa shape index (κ1) is 28.0. The van der Waals surface area contributed by atoms with Crippen LogP contribution in [0.3, 0.4) is 0 Å². The third kappa shape index (κ3) is 6.72. The highest BCUT2D eigenvalue weighted by atomic mass is 32.1. The summed E-state index contributed by atoms with van der Waals surface area (Å²) in [6.45, 7) is 3.31. The van der Waals surface area contributed by atoms with Gasteiger partial charge in [-0.3, -0.25) is 4.79 Å². The Hall–Kier alpha value is -4.97. The van der Waals surface area contributed by atoms with Crippen molar-refractivity contribution in [2.75, 3.05) is 13.2 Å². The third-order valence-corrected chi connectivity index (χ3v) is 5.98. The van der Waals surface area contributed by atoms with E-state index in [2.05, 4.69) is 21.2 Å². The lowest BCUT2D eigenvalue weighted by Crippen LogP contribution is -2.45. The van der Waals surface area contributed by atoms with Crippen LogP contribution in [0.15, 0.2) is 81.5 Å². The van der Waals surface area contributed by atoms with Gasteiger partial charge in [-0.2, -0.15) is 5.10 Å². The lowest BCUT2D eigenvalue weighted by molar-refractivity contribution is -0.139. The molecule has 0 saturated carbocycles. The number of allylic oxidation sites excluding steroid dienone is 1. The predicted octanol–water partition coefficient (Wildman–Crippen LogP) is 3.53. The van der Waals surface area contributed by atoms with E-state index in [1.165, 1.54) is 18.3 Å². The molecule has 2 aromatic carbocycles. The van der Waals surface area contributed by atoms with Crippen molar-refractivity contribution in [3.05, 3.63) is 88.8 Å². The molecule has 40 heavy (non-hydrogen) atoms. The molecule has 1 amide bonds. The van der Waals surface area contributed by atoms with Gasteiger partial charge < -0.3 is 29.6 Å². The van der Waals surface area contributed by atoms with Crippen LogP contribution in [0.25, 0.3) is 11.3 Å². The maximum absolute atomic E-state index is 12.7. The highest BCUT2D eigenvalue weighted by Crippen LogP contribution is 2.33. The third-order valence-electron chi connectivity index (χ3n) is 5.76. The molecule has 0 unspecified atom stereocenters. The monoisotopic (exact) mass is 562 g/mol. The first-order valence-electron chi connectivity index (χ1n) is 12.2. The number of furan rings is 1. The fourth-order valence-corrected chi connectivity index (χ4v) is 4.25. The summed E-state index contributed by atoms with van der Waals surface area (Å²) in [5.74, 6) is -0.887. The van der Waals surface area contributed by atoms with Gasteiger partial charge in [-0.25, -0.2) is 15.0 Å². The van der Waals surface area contributed by atoms with Crippen LogP contribution in [0.5, 0.6) is 5.75 Å². The molecule has 1 aliphatic rings. The minimum Gasteiger partial charge on any atom is -0.483 e. The van der Waals surface area contributed by atoms with Crippen molar-refractivity contribution in [2.24, 2.45) is 5.10 Å². The number of benzene rings is 2. The number of ether oxygens (including phenoxy) is 2. The number of carbonyl (C=O) groups excluding carboxylic acids is 2. The van der Waals surface area contributed by atoms with Crippen molar-refractivity contribution in [1.29, 1.82) is 0 Å². The summed E-state index contributed by atoms with van der Waals surface area (Å²) < 4.78 is 16.7. The van der Waals surface area contributed by atoms with E-state index < -0.39 is 23.9 Å². The van der Waals surface area contributed by atoms with E-state index in [1.807, 2.05) is 0 Å². The Kier molecular flexibility index (Phi) is 8.92. The zero-order valence-electron chi connectivity index (χ0n) is 21.6. The first-order chi connectivity index (χ1) is 19.3. The van der Waals surface area contributed by atoms with Crippen LogP contribution in [-0.2, 0) is 14.3 Å². The van der Waals surface area contributed by atoms with Crippen LogP contribution >= 0.6 is 12.2 Å². The molecule has 1 atom stereocenters. The summed E-state index contributed by atoms with van der Waals surface area (Å²) in [7, 11) is 0. The van der Waals surface area contributed by atoms with E-state index in [0.29, 0.717) is 44.8 Å². The molecule has 4 N–H and O–H groups in total. The Bertz CT molecular complexity index is 1510. The summed E-state index contributed by atoms with van der Waals surface area (Å²) in [5, 5.41) is 19.4. The van der Waals surface area contributed by atoms with Gasteiger partial charge in [-0.15, -0.1) is 0 Å².